The molecular weight excluding hydrogens is 216 g/mol. The molecule has 0 radical (unpaired) electrons. The predicted molar refractivity (Wildman–Crippen MR) is 63.6 cm³/mol. The number of hydrogen-bond donors (Lipinski definition) is 1. The number of fused-ring (bicyclic) bond motifs is 1. The zero-order chi connectivity index (χ0) is 11.7. The minimum absolute atomic E-state index is 0.0114. The summed E-state index contributed by atoms with van der Waals surface area (Å²) in [5.41, 5.74) is 1.42. The number of aromatic amines is 1. The highest BCUT2D eigenvalue weighted by Gasteiger charge is 2.21. The monoisotopic (exact) mass is 230 g/mol. The van der Waals surface area contributed by atoms with Gasteiger partial charge in [0.2, 0.25) is 0 Å². The van der Waals surface area contributed by atoms with Crippen LogP contribution in [0.3, 0.4) is 0 Å². The topological polar surface area (TPSA) is 61.9 Å². The van der Waals surface area contributed by atoms with Gasteiger partial charge < -0.3 is 9.88 Å². The van der Waals surface area contributed by atoms with Gasteiger partial charge in [0.15, 0.2) is 11.5 Å². The van der Waals surface area contributed by atoms with Crippen LogP contribution in [-0.2, 0) is 0 Å². The predicted octanol–water partition coefficient (Wildman–Crippen LogP) is 1.58. The number of pyridine rings is 1. The van der Waals surface area contributed by atoms with Crippen molar-refractivity contribution in [1.29, 1.82) is 0 Å². The standard InChI is InChI=1S/C12H14N4O/c17-12(16-7-2-1-3-8-16)11-14-9-5-4-6-13-10(9)15-11/h4-6H,1-3,7-8H2,(H,13,14,15). The van der Waals surface area contributed by atoms with Crippen molar-refractivity contribution >= 4 is 17.1 Å². The minimum atomic E-state index is -0.0114. The molecule has 0 aliphatic carbocycles. The van der Waals surface area contributed by atoms with Gasteiger partial charge in [0.25, 0.3) is 5.91 Å². The Bertz CT molecular complexity index is 509. The van der Waals surface area contributed by atoms with E-state index in [0.29, 0.717) is 11.5 Å². The number of carbonyl (C=O) groups is 1. The number of likely N-dealkylation sites (tertiary alicyclic amines) is 1. The molecule has 0 spiro atoms. The molecule has 88 valence electrons. The van der Waals surface area contributed by atoms with Gasteiger partial charge in [-0.1, -0.05) is 0 Å². The van der Waals surface area contributed by atoms with E-state index in [4.69, 9.17) is 0 Å². The second-order valence-electron chi connectivity index (χ2n) is 4.31. The Morgan fingerprint density at radius 3 is 2.88 bits per heavy atom. The highest BCUT2D eigenvalue weighted by molar-refractivity contribution is 5.93. The first-order chi connectivity index (χ1) is 8.34. The average Bonchev–Trinajstić information content (AvgIpc) is 2.82. The van der Waals surface area contributed by atoms with Gasteiger partial charge in [0.1, 0.15) is 0 Å². The molecule has 17 heavy (non-hydrogen) atoms. The zero-order valence-electron chi connectivity index (χ0n) is 9.52. The molecule has 1 saturated heterocycles. The van der Waals surface area contributed by atoms with Crippen LogP contribution in [0.25, 0.3) is 11.2 Å². The first kappa shape index (κ1) is 10.3. The van der Waals surface area contributed by atoms with Gasteiger partial charge in [0, 0.05) is 19.3 Å². The Labute approximate surface area is 98.9 Å². The fraction of sp³-hybridized carbons (Fsp3) is 0.417. The van der Waals surface area contributed by atoms with Crippen molar-refractivity contribution in [1.82, 2.24) is 19.9 Å². The van der Waals surface area contributed by atoms with E-state index in [1.807, 2.05) is 17.0 Å². The van der Waals surface area contributed by atoms with Crippen LogP contribution in [0, 0.1) is 0 Å². The number of nitrogens with zero attached hydrogens (tertiary/aromatic N) is 3. The van der Waals surface area contributed by atoms with Crippen LogP contribution in [0.15, 0.2) is 18.3 Å². The largest absolute Gasteiger partial charge is 0.336 e. The van der Waals surface area contributed by atoms with Gasteiger partial charge in [0.05, 0.1) is 5.52 Å². The third-order valence-corrected chi connectivity index (χ3v) is 3.10. The van der Waals surface area contributed by atoms with Crippen LogP contribution in [0.2, 0.25) is 0 Å². The molecular formula is C12H14N4O. The number of H-pyrrole nitrogens is 1. The Kier molecular flexibility index (Phi) is 2.51. The van der Waals surface area contributed by atoms with E-state index in [9.17, 15) is 4.79 Å². The molecule has 3 heterocycles. The summed E-state index contributed by atoms with van der Waals surface area (Å²) in [5.74, 6) is 0.392. The SMILES string of the molecule is O=C(c1nc2ncccc2[nH]1)N1CCCCC1. The van der Waals surface area contributed by atoms with Gasteiger partial charge in [-0.25, -0.2) is 9.97 Å². The number of rotatable bonds is 1. The molecule has 0 saturated carbocycles. The van der Waals surface area contributed by atoms with E-state index in [2.05, 4.69) is 15.0 Å². The Morgan fingerprint density at radius 1 is 1.29 bits per heavy atom. The fourth-order valence-corrected chi connectivity index (χ4v) is 2.19. The number of amides is 1. The van der Waals surface area contributed by atoms with E-state index >= 15 is 0 Å². The highest BCUT2D eigenvalue weighted by Crippen LogP contribution is 2.13. The lowest BCUT2D eigenvalue weighted by molar-refractivity contribution is 0.0713. The first-order valence-electron chi connectivity index (χ1n) is 5.94. The lowest BCUT2D eigenvalue weighted by atomic mass is 10.1. The van der Waals surface area contributed by atoms with Gasteiger partial charge in [-0.15, -0.1) is 0 Å². The number of piperidine rings is 1. The second kappa shape index (κ2) is 4.16. The normalized spacial score (nSPS) is 16.4. The summed E-state index contributed by atoms with van der Waals surface area (Å²) in [5, 5.41) is 0. The van der Waals surface area contributed by atoms with E-state index in [0.717, 1.165) is 31.4 Å². The first-order valence-corrected chi connectivity index (χ1v) is 5.94. The molecule has 3 rings (SSSR count). The van der Waals surface area contributed by atoms with Gasteiger partial charge in [-0.2, -0.15) is 0 Å². The molecule has 5 heteroatoms. The van der Waals surface area contributed by atoms with E-state index < -0.39 is 0 Å². The van der Waals surface area contributed by atoms with Crippen LogP contribution in [-0.4, -0.2) is 38.8 Å². The molecule has 0 unspecified atom stereocenters. The van der Waals surface area contributed by atoms with Crippen LogP contribution < -0.4 is 0 Å². The molecule has 1 aliphatic heterocycles. The molecule has 1 aliphatic rings. The summed E-state index contributed by atoms with van der Waals surface area (Å²) in [4.78, 5) is 25.4. The quantitative estimate of drug-likeness (QED) is 0.809. The van der Waals surface area contributed by atoms with Crippen molar-refractivity contribution < 1.29 is 4.79 Å². The average molecular weight is 230 g/mol. The molecule has 2 aromatic rings. The van der Waals surface area contributed by atoms with E-state index in [-0.39, 0.29) is 5.91 Å². The maximum atomic E-state index is 12.2. The van der Waals surface area contributed by atoms with Crippen molar-refractivity contribution in [2.24, 2.45) is 0 Å². The van der Waals surface area contributed by atoms with E-state index in [1.54, 1.807) is 6.20 Å². The summed E-state index contributed by atoms with van der Waals surface area (Å²) < 4.78 is 0. The smallest absolute Gasteiger partial charge is 0.289 e. The maximum absolute atomic E-state index is 12.2. The molecule has 2 aromatic heterocycles. The Hall–Kier alpha value is -1.91. The molecule has 5 nitrogen and oxygen atoms in total. The van der Waals surface area contributed by atoms with Gasteiger partial charge in [-0.05, 0) is 31.4 Å². The third-order valence-electron chi connectivity index (χ3n) is 3.10. The summed E-state index contributed by atoms with van der Waals surface area (Å²) in [6.07, 6.45) is 5.07. The second-order valence-corrected chi connectivity index (χ2v) is 4.31. The molecule has 0 bridgehead atoms. The highest BCUT2D eigenvalue weighted by atomic mass is 16.2. The van der Waals surface area contributed by atoms with Gasteiger partial charge >= 0.3 is 0 Å². The lowest BCUT2D eigenvalue weighted by Crippen LogP contribution is -2.36. The van der Waals surface area contributed by atoms with Crippen molar-refractivity contribution in [3.63, 3.8) is 0 Å². The van der Waals surface area contributed by atoms with Crippen molar-refractivity contribution in [2.75, 3.05) is 13.1 Å². The molecule has 1 N–H and O–H groups in total. The van der Waals surface area contributed by atoms with Crippen LogP contribution >= 0.6 is 0 Å². The molecule has 1 amide bonds. The number of aromatic nitrogens is 3. The van der Waals surface area contributed by atoms with Crippen LogP contribution in [0.5, 0.6) is 0 Å². The number of hydrogen-bond acceptors (Lipinski definition) is 3. The fourth-order valence-electron chi connectivity index (χ4n) is 2.19. The number of carbonyl (C=O) groups excluding carboxylic acids is 1. The molecule has 0 aromatic carbocycles. The Balaban J connectivity index is 1.89. The minimum Gasteiger partial charge on any atom is -0.336 e. The summed E-state index contributed by atoms with van der Waals surface area (Å²) in [7, 11) is 0. The van der Waals surface area contributed by atoms with Crippen molar-refractivity contribution in [2.45, 2.75) is 19.3 Å². The molecule has 0 atom stereocenters. The third kappa shape index (κ3) is 1.88. The maximum Gasteiger partial charge on any atom is 0.289 e. The van der Waals surface area contributed by atoms with Crippen molar-refractivity contribution in [3.05, 3.63) is 24.2 Å². The van der Waals surface area contributed by atoms with Crippen molar-refractivity contribution in [3.8, 4) is 0 Å². The summed E-state index contributed by atoms with van der Waals surface area (Å²) >= 11 is 0. The molecule has 1 fully saturated rings. The number of imidazole rings is 1. The van der Waals surface area contributed by atoms with E-state index in [1.165, 1.54) is 6.42 Å². The number of nitrogens with one attached hydrogen (secondary N) is 1. The van der Waals surface area contributed by atoms with Crippen LogP contribution in [0.4, 0.5) is 0 Å². The zero-order valence-corrected chi connectivity index (χ0v) is 9.52. The summed E-state index contributed by atoms with van der Waals surface area (Å²) in [6.45, 7) is 1.67. The lowest BCUT2D eigenvalue weighted by Gasteiger charge is -2.25. The van der Waals surface area contributed by atoms with Crippen LogP contribution in [0.1, 0.15) is 29.9 Å². The summed E-state index contributed by atoms with van der Waals surface area (Å²) in [6, 6.07) is 3.71. The Morgan fingerprint density at radius 2 is 2.12 bits per heavy atom. The van der Waals surface area contributed by atoms with Gasteiger partial charge in [-0.3, -0.25) is 4.79 Å².